The maximum absolute atomic E-state index is 13.5. The Morgan fingerprint density at radius 1 is 1.00 bits per heavy atom. The Bertz CT molecular complexity index is 1440. The summed E-state index contributed by atoms with van der Waals surface area (Å²) in [5.41, 5.74) is 4.78. The van der Waals surface area contributed by atoms with Crippen molar-refractivity contribution in [2.45, 2.75) is 13.3 Å². The molecule has 5 rings (SSSR count). The molecule has 0 atom stereocenters. The number of rotatable bonds is 6. The smallest absolute Gasteiger partial charge is 0.259 e. The van der Waals surface area contributed by atoms with Crippen molar-refractivity contribution in [2.24, 2.45) is 0 Å². The van der Waals surface area contributed by atoms with E-state index in [-0.39, 0.29) is 24.1 Å². The van der Waals surface area contributed by atoms with Gasteiger partial charge in [-0.15, -0.1) is 0 Å². The lowest BCUT2D eigenvalue weighted by atomic mass is 9.96. The van der Waals surface area contributed by atoms with Gasteiger partial charge in [0.15, 0.2) is 12.4 Å². The second-order valence-electron chi connectivity index (χ2n) is 8.75. The predicted octanol–water partition coefficient (Wildman–Crippen LogP) is 5.55. The summed E-state index contributed by atoms with van der Waals surface area (Å²) in [4.78, 5) is 26.9. The van der Waals surface area contributed by atoms with Crippen molar-refractivity contribution < 1.29 is 23.5 Å². The van der Waals surface area contributed by atoms with E-state index in [1.807, 2.05) is 61.5 Å². The van der Waals surface area contributed by atoms with E-state index in [1.54, 1.807) is 32.5 Å². The van der Waals surface area contributed by atoms with Crippen LogP contribution in [-0.4, -0.2) is 37.3 Å². The van der Waals surface area contributed by atoms with Gasteiger partial charge in [0.05, 0.1) is 6.26 Å². The van der Waals surface area contributed by atoms with Crippen LogP contribution in [0.25, 0.3) is 22.1 Å². The van der Waals surface area contributed by atoms with Gasteiger partial charge >= 0.3 is 0 Å². The fourth-order valence-corrected chi connectivity index (χ4v) is 4.01. The Hall–Kier alpha value is -4.32. The van der Waals surface area contributed by atoms with Crippen LogP contribution in [0.5, 0.6) is 11.5 Å². The van der Waals surface area contributed by atoms with Crippen molar-refractivity contribution in [1.29, 1.82) is 0 Å². The number of carbonyl (C=O) groups excluding carboxylic acids is 2. The highest BCUT2D eigenvalue weighted by atomic mass is 16.5. The summed E-state index contributed by atoms with van der Waals surface area (Å²) in [5.74, 6) is 1.26. The lowest BCUT2D eigenvalue weighted by molar-refractivity contribution is -0.130. The van der Waals surface area contributed by atoms with E-state index >= 15 is 0 Å². The molecule has 6 nitrogen and oxygen atoms in total. The zero-order valence-electron chi connectivity index (χ0n) is 19.8. The lowest BCUT2D eigenvalue weighted by Gasteiger charge is -2.12. The number of ketones is 1. The molecule has 1 aliphatic rings. The second kappa shape index (κ2) is 9.14. The molecule has 1 aliphatic heterocycles. The number of fused-ring (bicyclic) bond motifs is 2. The monoisotopic (exact) mass is 467 g/mol. The van der Waals surface area contributed by atoms with E-state index in [2.05, 4.69) is 0 Å². The van der Waals surface area contributed by atoms with Crippen molar-refractivity contribution in [3.63, 3.8) is 0 Å². The minimum Gasteiger partial charge on any atom is -0.484 e. The van der Waals surface area contributed by atoms with Gasteiger partial charge in [-0.3, -0.25) is 9.59 Å². The number of amides is 1. The van der Waals surface area contributed by atoms with Gasteiger partial charge in [-0.2, -0.15) is 0 Å². The summed E-state index contributed by atoms with van der Waals surface area (Å²) in [7, 11) is 3.37. The average Bonchev–Trinajstić information content (AvgIpc) is 3.24. The van der Waals surface area contributed by atoms with Crippen molar-refractivity contribution in [2.75, 3.05) is 20.7 Å². The summed E-state index contributed by atoms with van der Waals surface area (Å²) in [6.07, 6.45) is 4.35. The molecule has 1 aromatic heterocycles. The molecule has 2 heterocycles. The molecule has 0 spiro atoms. The van der Waals surface area contributed by atoms with Crippen LogP contribution < -0.4 is 9.47 Å². The molecule has 3 aromatic carbocycles. The van der Waals surface area contributed by atoms with Crippen molar-refractivity contribution in [3.8, 4) is 22.6 Å². The molecule has 0 bridgehead atoms. The van der Waals surface area contributed by atoms with Gasteiger partial charge < -0.3 is 18.8 Å². The third-order valence-corrected chi connectivity index (χ3v) is 6.02. The van der Waals surface area contributed by atoms with E-state index in [0.717, 1.165) is 39.8 Å². The first-order valence-corrected chi connectivity index (χ1v) is 11.4. The number of nitrogens with zero attached hydrogens (tertiary/aromatic N) is 1. The minimum absolute atomic E-state index is 0.0438. The first-order chi connectivity index (χ1) is 16.9. The van der Waals surface area contributed by atoms with E-state index in [0.29, 0.717) is 16.9 Å². The molecule has 0 saturated carbocycles. The van der Waals surface area contributed by atoms with E-state index in [9.17, 15) is 9.59 Å². The number of hydrogen-bond acceptors (Lipinski definition) is 5. The highest BCUT2D eigenvalue weighted by Crippen LogP contribution is 2.40. The summed E-state index contributed by atoms with van der Waals surface area (Å²) in [6, 6.07) is 18.7. The van der Waals surface area contributed by atoms with Gasteiger partial charge in [0.1, 0.15) is 17.1 Å². The Kier molecular flexibility index (Phi) is 5.87. The van der Waals surface area contributed by atoms with Crippen molar-refractivity contribution in [3.05, 3.63) is 95.5 Å². The minimum atomic E-state index is -0.190. The highest BCUT2D eigenvalue weighted by Gasteiger charge is 2.25. The molecular formula is C29H25NO5. The van der Waals surface area contributed by atoms with Gasteiger partial charge in [0.25, 0.3) is 5.91 Å². The topological polar surface area (TPSA) is 69.0 Å². The molecule has 6 heteroatoms. The van der Waals surface area contributed by atoms with Gasteiger partial charge in [-0.05, 0) is 48.7 Å². The quantitative estimate of drug-likeness (QED) is 0.348. The normalized spacial score (nSPS) is 12.2. The van der Waals surface area contributed by atoms with Crippen molar-refractivity contribution >= 4 is 22.7 Å². The molecule has 0 fully saturated rings. The molecule has 0 radical (unpaired) electrons. The van der Waals surface area contributed by atoms with Crippen LogP contribution in [0.4, 0.5) is 0 Å². The molecule has 0 saturated heterocycles. The Morgan fingerprint density at radius 2 is 1.74 bits per heavy atom. The third kappa shape index (κ3) is 4.43. The number of benzene rings is 3. The second-order valence-corrected chi connectivity index (χ2v) is 8.75. The van der Waals surface area contributed by atoms with Crippen LogP contribution >= 0.6 is 0 Å². The number of hydrogen-bond donors (Lipinski definition) is 0. The maximum Gasteiger partial charge on any atom is 0.259 e. The van der Waals surface area contributed by atoms with Gasteiger partial charge in [0.2, 0.25) is 5.78 Å². The Labute approximate surface area is 203 Å². The van der Waals surface area contributed by atoms with Crippen LogP contribution in [0, 0.1) is 6.92 Å². The Balaban J connectivity index is 1.58. The maximum atomic E-state index is 13.5. The zero-order valence-corrected chi connectivity index (χ0v) is 19.8. The molecule has 0 unspecified atom stereocenters. The number of carbonyl (C=O) groups is 2. The van der Waals surface area contributed by atoms with E-state index in [4.69, 9.17) is 13.9 Å². The number of furan rings is 1. The lowest BCUT2D eigenvalue weighted by Crippen LogP contribution is -2.27. The molecule has 1 amide bonds. The average molecular weight is 468 g/mol. The molecule has 0 N–H and O–H groups in total. The Morgan fingerprint density at radius 3 is 2.46 bits per heavy atom. The first kappa shape index (κ1) is 22.5. The SMILES string of the molecule is Cc1ccc(C(=O)c2oc3cc4c(cc3c2-c2ccc(OCC(=O)N(C)C)cc2)CC=CO4)cc1. The fraction of sp³-hybridized carbons (Fsp3) is 0.172. The first-order valence-electron chi connectivity index (χ1n) is 11.4. The van der Waals surface area contributed by atoms with E-state index in [1.165, 1.54) is 4.90 Å². The van der Waals surface area contributed by atoms with E-state index < -0.39 is 0 Å². The third-order valence-electron chi connectivity index (χ3n) is 6.02. The number of aryl methyl sites for hydroxylation is 1. The van der Waals surface area contributed by atoms with Crippen molar-refractivity contribution in [1.82, 2.24) is 4.90 Å². The summed E-state index contributed by atoms with van der Waals surface area (Å²) < 4.78 is 17.4. The largest absolute Gasteiger partial charge is 0.484 e. The van der Waals surface area contributed by atoms with Crippen LogP contribution in [0.2, 0.25) is 0 Å². The molecule has 176 valence electrons. The number of allylic oxidation sites excluding steroid dienone is 1. The van der Waals surface area contributed by atoms with Gasteiger partial charge in [-0.1, -0.05) is 42.0 Å². The zero-order chi connectivity index (χ0) is 24.5. The summed E-state index contributed by atoms with van der Waals surface area (Å²) in [5, 5.41) is 0.842. The molecule has 4 aromatic rings. The van der Waals surface area contributed by atoms with Gasteiger partial charge in [0, 0.05) is 36.7 Å². The fourth-order valence-electron chi connectivity index (χ4n) is 4.01. The van der Waals surface area contributed by atoms with Crippen LogP contribution in [0.3, 0.4) is 0 Å². The van der Waals surface area contributed by atoms with Gasteiger partial charge in [-0.25, -0.2) is 0 Å². The molecule has 0 aliphatic carbocycles. The summed E-state index contributed by atoms with van der Waals surface area (Å²) >= 11 is 0. The number of ether oxygens (including phenoxy) is 2. The number of likely N-dealkylation sites (N-methyl/N-ethyl adjacent to an activating group) is 1. The predicted molar refractivity (Wildman–Crippen MR) is 134 cm³/mol. The van der Waals surface area contributed by atoms with Crippen LogP contribution in [-0.2, 0) is 11.2 Å². The standard InChI is InChI=1S/C29H25NO5/c1-18-6-8-20(9-7-18)28(32)29-27(19-10-12-22(13-11-19)34-17-26(31)30(2)3)23-15-21-5-4-14-33-24(21)16-25(23)35-29/h4,6-16H,5,17H2,1-3H3. The highest BCUT2D eigenvalue weighted by molar-refractivity contribution is 6.16. The summed E-state index contributed by atoms with van der Waals surface area (Å²) in [6.45, 7) is 1.94. The molecular weight excluding hydrogens is 442 g/mol. The van der Waals surface area contributed by atoms with Crippen LogP contribution in [0.15, 0.2) is 77.4 Å². The molecule has 35 heavy (non-hydrogen) atoms. The van der Waals surface area contributed by atoms with Crippen LogP contribution in [0.1, 0.15) is 27.2 Å².